The van der Waals surface area contributed by atoms with Crippen LogP contribution in [0.2, 0.25) is 0 Å². The van der Waals surface area contributed by atoms with Gasteiger partial charge in [-0.2, -0.15) is 0 Å². The fourth-order valence-electron chi connectivity index (χ4n) is 1.75. The van der Waals surface area contributed by atoms with E-state index in [-0.39, 0.29) is 13.2 Å². The summed E-state index contributed by atoms with van der Waals surface area (Å²) in [5.41, 5.74) is 1.78. The zero-order chi connectivity index (χ0) is 17.0. The molecule has 6 nitrogen and oxygen atoms in total. The fraction of sp³-hybridized carbons (Fsp3) is 0.111. The van der Waals surface area contributed by atoms with Gasteiger partial charge < -0.3 is 9.47 Å². The van der Waals surface area contributed by atoms with E-state index in [1.807, 2.05) is 60.7 Å². The van der Waals surface area contributed by atoms with Gasteiger partial charge in [0.05, 0.1) is 0 Å². The monoisotopic (exact) mass is 326 g/mol. The molecule has 0 saturated heterocycles. The summed E-state index contributed by atoms with van der Waals surface area (Å²) in [7, 11) is 0. The average molecular weight is 326 g/mol. The minimum Gasteiger partial charge on any atom is -0.444 e. The molecule has 124 valence electrons. The maximum atomic E-state index is 11.4. The first-order valence-electron chi connectivity index (χ1n) is 7.33. The minimum atomic E-state index is -0.616. The van der Waals surface area contributed by atoms with Crippen LogP contribution in [0.5, 0.6) is 0 Å². The molecule has 0 heterocycles. The number of carbonyl (C=O) groups excluding carboxylic acids is 2. The third-order valence-electron chi connectivity index (χ3n) is 2.91. The molecular weight excluding hydrogens is 308 g/mol. The number of ether oxygens (including phenoxy) is 2. The van der Waals surface area contributed by atoms with E-state index in [0.29, 0.717) is 0 Å². The Bertz CT molecular complexity index is 612. The largest absolute Gasteiger partial charge is 0.444 e. The first-order chi connectivity index (χ1) is 11.7. The summed E-state index contributed by atoms with van der Waals surface area (Å²) in [4.78, 5) is 22.9. The molecule has 0 aliphatic rings. The van der Waals surface area contributed by atoms with Gasteiger partial charge in [0.15, 0.2) is 0 Å². The van der Waals surface area contributed by atoms with Gasteiger partial charge in [-0.05, 0) is 11.1 Å². The van der Waals surface area contributed by atoms with Gasteiger partial charge in [0.25, 0.3) is 0 Å². The van der Waals surface area contributed by atoms with Crippen molar-refractivity contribution in [2.45, 2.75) is 13.2 Å². The number of carbonyl (C=O) groups is 2. The summed E-state index contributed by atoms with van der Waals surface area (Å²) in [6.07, 6.45) is 1.29. The van der Waals surface area contributed by atoms with E-state index < -0.39 is 12.2 Å². The number of hydrogen-bond acceptors (Lipinski definition) is 4. The van der Waals surface area contributed by atoms with Crippen molar-refractivity contribution in [1.82, 2.24) is 10.6 Å². The molecule has 0 saturated carbocycles. The van der Waals surface area contributed by atoms with Crippen LogP contribution in [0.1, 0.15) is 11.1 Å². The van der Waals surface area contributed by atoms with Gasteiger partial charge in [0.2, 0.25) is 0 Å². The van der Waals surface area contributed by atoms with Crippen LogP contribution in [0.4, 0.5) is 9.59 Å². The Morgan fingerprint density at radius 3 is 1.46 bits per heavy atom. The highest BCUT2D eigenvalue weighted by Gasteiger charge is 2.01. The van der Waals surface area contributed by atoms with Gasteiger partial charge >= 0.3 is 12.2 Å². The number of hydrogen-bond donors (Lipinski definition) is 2. The van der Waals surface area contributed by atoms with E-state index in [1.165, 1.54) is 12.4 Å². The lowest BCUT2D eigenvalue weighted by molar-refractivity contribution is 0.141. The highest BCUT2D eigenvalue weighted by Crippen LogP contribution is 2.01. The Labute approximate surface area is 140 Å². The van der Waals surface area contributed by atoms with E-state index in [0.717, 1.165) is 11.1 Å². The molecule has 2 aromatic rings. The highest BCUT2D eigenvalue weighted by molar-refractivity contribution is 5.70. The van der Waals surface area contributed by atoms with Crippen molar-refractivity contribution in [3.8, 4) is 0 Å². The summed E-state index contributed by atoms with van der Waals surface area (Å²) in [5.74, 6) is 0. The predicted octanol–water partition coefficient (Wildman–Crippen LogP) is 3.31. The molecule has 0 spiro atoms. The molecule has 2 aromatic carbocycles. The number of benzene rings is 2. The van der Waals surface area contributed by atoms with E-state index >= 15 is 0 Å². The van der Waals surface area contributed by atoms with Crippen molar-refractivity contribution in [3.63, 3.8) is 0 Å². The molecule has 2 N–H and O–H groups in total. The normalized spacial score (nSPS) is 10.2. The SMILES string of the molecule is O=C(N/C=C/NC(=O)OCc1ccccc1)OCc1ccccc1. The first-order valence-corrected chi connectivity index (χ1v) is 7.33. The van der Waals surface area contributed by atoms with E-state index in [9.17, 15) is 9.59 Å². The molecule has 0 unspecified atom stereocenters. The summed E-state index contributed by atoms with van der Waals surface area (Å²) < 4.78 is 9.99. The Hall–Kier alpha value is -3.28. The van der Waals surface area contributed by atoms with Crippen LogP contribution < -0.4 is 10.6 Å². The quantitative estimate of drug-likeness (QED) is 0.854. The van der Waals surface area contributed by atoms with Crippen molar-refractivity contribution in [3.05, 3.63) is 84.2 Å². The molecular formula is C18H18N2O4. The molecule has 0 radical (unpaired) electrons. The van der Waals surface area contributed by atoms with Crippen LogP contribution in [0.25, 0.3) is 0 Å². The Balaban J connectivity index is 1.59. The van der Waals surface area contributed by atoms with E-state index in [1.54, 1.807) is 0 Å². The van der Waals surface area contributed by atoms with Crippen LogP contribution in [0.15, 0.2) is 73.1 Å². The van der Waals surface area contributed by atoms with Crippen molar-refractivity contribution in [2.24, 2.45) is 0 Å². The number of amides is 2. The third kappa shape index (κ3) is 6.65. The Kier molecular flexibility index (Phi) is 6.89. The molecule has 2 amide bonds. The zero-order valence-electron chi connectivity index (χ0n) is 13.0. The maximum Gasteiger partial charge on any atom is 0.411 e. The number of rotatable bonds is 6. The van der Waals surface area contributed by atoms with Crippen LogP contribution in [-0.2, 0) is 22.7 Å². The standard InChI is InChI=1S/C18H18N2O4/c21-17(23-13-15-7-3-1-4-8-15)19-11-12-20-18(22)24-14-16-9-5-2-6-10-16/h1-12H,13-14H2,(H,19,21)(H,20,22)/b12-11+. The number of nitrogens with one attached hydrogen (secondary N) is 2. The molecule has 24 heavy (non-hydrogen) atoms. The van der Waals surface area contributed by atoms with Crippen LogP contribution in [0.3, 0.4) is 0 Å². The van der Waals surface area contributed by atoms with Gasteiger partial charge in [0, 0.05) is 12.4 Å². The van der Waals surface area contributed by atoms with Gasteiger partial charge in [-0.15, -0.1) is 0 Å². The van der Waals surface area contributed by atoms with Crippen molar-refractivity contribution in [1.29, 1.82) is 0 Å². The van der Waals surface area contributed by atoms with E-state index in [2.05, 4.69) is 10.6 Å². The summed E-state index contributed by atoms with van der Waals surface area (Å²) in [5, 5.41) is 4.74. The van der Waals surface area contributed by atoms with Crippen molar-refractivity contribution in [2.75, 3.05) is 0 Å². The smallest absolute Gasteiger partial charge is 0.411 e. The molecule has 0 aliphatic carbocycles. The lowest BCUT2D eigenvalue weighted by Gasteiger charge is -2.05. The second-order valence-corrected chi connectivity index (χ2v) is 4.75. The predicted molar refractivity (Wildman–Crippen MR) is 88.7 cm³/mol. The van der Waals surface area contributed by atoms with Crippen LogP contribution >= 0.6 is 0 Å². The van der Waals surface area contributed by atoms with E-state index in [4.69, 9.17) is 9.47 Å². The van der Waals surface area contributed by atoms with Gasteiger partial charge in [-0.25, -0.2) is 9.59 Å². The number of alkyl carbamates (subject to hydrolysis) is 2. The first kappa shape index (κ1) is 17.1. The van der Waals surface area contributed by atoms with Crippen molar-refractivity contribution < 1.29 is 19.1 Å². The molecule has 0 aliphatic heterocycles. The molecule has 0 bridgehead atoms. The zero-order valence-corrected chi connectivity index (χ0v) is 13.0. The second kappa shape index (κ2) is 9.68. The topological polar surface area (TPSA) is 76.7 Å². The Morgan fingerprint density at radius 1 is 0.708 bits per heavy atom. The third-order valence-corrected chi connectivity index (χ3v) is 2.91. The lowest BCUT2D eigenvalue weighted by atomic mass is 10.2. The fourth-order valence-corrected chi connectivity index (χ4v) is 1.75. The van der Waals surface area contributed by atoms with Gasteiger partial charge in [0.1, 0.15) is 13.2 Å². The molecule has 2 rings (SSSR count). The van der Waals surface area contributed by atoms with Crippen LogP contribution in [0, 0.1) is 0 Å². The van der Waals surface area contributed by atoms with Gasteiger partial charge in [-0.3, -0.25) is 10.6 Å². The molecule has 0 fully saturated rings. The molecule has 0 atom stereocenters. The lowest BCUT2D eigenvalue weighted by Crippen LogP contribution is -2.22. The van der Waals surface area contributed by atoms with Gasteiger partial charge in [-0.1, -0.05) is 60.7 Å². The molecule has 6 heteroatoms. The second-order valence-electron chi connectivity index (χ2n) is 4.75. The maximum absolute atomic E-state index is 11.4. The summed E-state index contributed by atoms with van der Waals surface area (Å²) in [6, 6.07) is 18.6. The Morgan fingerprint density at radius 2 is 1.08 bits per heavy atom. The van der Waals surface area contributed by atoms with Crippen LogP contribution in [-0.4, -0.2) is 12.2 Å². The highest BCUT2D eigenvalue weighted by atomic mass is 16.6. The molecule has 0 aromatic heterocycles. The van der Waals surface area contributed by atoms with Crippen molar-refractivity contribution >= 4 is 12.2 Å². The minimum absolute atomic E-state index is 0.174. The average Bonchev–Trinajstić information content (AvgIpc) is 2.63. The summed E-state index contributed by atoms with van der Waals surface area (Å²) >= 11 is 0. The summed E-state index contributed by atoms with van der Waals surface area (Å²) in [6.45, 7) is 0.347.